The number of unbranched alkanes of at least 4 members (excludes halogenated alkanes) is 4. The second kappa shape index (κ2) is 8.32. The van der Waals surface area contributed by atoms with Gasteiger partial charge < -0.3 is 4.90 Å². The van der Waals surface area contributed by atoms with Gasteiger partial charge in [0, 0.05) is 12.1 Å². The first kappa shape index (κ1) is 16.2. The number of likely N-dealkylation sites (N-methyl/N-ethyl adjacent to an activating group) is 1. The van der Waals surface area contributed by atoms with Gasteiger partial charge in [0.25, 0.3) is 0 Å². The average Bonchev–Trinajstić information content (AvgIpc) is 2.29. The number of hydrogen-bond acceptors (Lipinski definition) is 1. The van der Waals surface area contributed by atoms with Crippen molar-refractivity contribution >= 4 is 5.91 Å². The second-order valence-corrected chi connectivity index (χ2v) is 5.26. The fourth-order valence-corrected chi connectivity index (χ4v) is 2.29. The van der Waals surface area contributed by atoms with Gasteiger partial charge in [0.05, 0.1) is 0 Å². The van der Waals surface area contributed by atoms with Gasteiger partial charge in [-0.2, -0.15) is 0 Å². The summed E-state index contributed by atoms with van der Waals surface area (Å²) < 4.78 is 0. The first-order chi connectivity index (χ1) is 7.99. The van der Waals surface area contributed by atoms with Gasteiger partial charge in [-0.05, 0) is 33.3 Å². The minimum absolute atomic E-state index is 0.0473. The molecule has 0 radical (unpaired) electrons. The Morgan fingerprint density at radius 1 is 1.18 bits per heavy atom. The normalized spacial score (nSPS) is 11.3. The summed E-state index contributed by atoms with van der Waals surface area (Å²) in [4.78, 5) is 13.6. The van der Waals surface area contributed by atoms with Crippen molar-refractivity contribution in [2.24, 2.45) is 0 Å². The second-order valence-electron chi connectivity index (χ2n) is 5.26. The zero-order valence-electron chi connectivity index (χ0n) is 12.1. The van der Waals surface area contributed by atoms with Crippen LogP contribution in [0, 0.1) is 0 Å². The maximum absolute atomic E-state index is 11.7. The van der Waals surface area contributed by atoms with Gasteiger partial charge in [-0.25, -0.2) is 0 Å². The minimum atomic E-state index is -0.0494. The monoisotopic (exact) mass is 239 g/mol. The van der Waals surface area contributed by atoms with E-state index in [-0.39, 0.29) is 11.4 Å². The fourth-order valence-electron chi connectivity index (χ4n) is 2.29. The molecule has 0 aliphatic carbocycles. The van der Waals surface area contributed by atoms with E-state index in [2.05, 4.69) is 27.4 Å². The first-order valence-electron chi connectivity index (χ1n) is 6.93. The SMILES string of the molecule is C=CC(=O)N(CC)C(C)(C)CCCCCCC. The molecule has 0 aromatic heterocycles. The lowest BCUT2D eigenvalue weighted by atomic mass is 9.94. The van der Waals surface area contributed by atoms with Crippen LogP contribution in [0.2, 0.25) is 0 Å². The van der Waals surface area contributed by atoms with Crippen molar-refractivity contribution in [3.8, 4) is 0 Å². The number of hydrogen-bond donors (Lipinski definition) is 0. The van der Waals surface area contributed by atoms with Crippen molar-refractivity contribution in [1.29, 1.82) is 0 Å². The number of nitrogens with zero attached hydrogens (tertiary/aromatic N) is 1. The standard InChI is InChI=1S/C15H29NO/c1-6-9-10-11-12-13-15(4,5)16(8-3)14(17)7-2/h7H,2,6,8-13H2,1,3-5H3. The molecule has 17 heavy (non-hydrogen) atoms. The highest BCUT2D eigenvalue weighted by Crippen LogP contribution is 2.22. The predicted molar refractivity (Wildman–Crippen MR) is 75.0 cm³/mol. The Morgan fingerprint density at radius 3 is 2.24 bits per heavy atom. The number of carbonyl (C=O) groups is 1. The lowest BCUT2D eigenvalue weighted by Crippen LogP contribution is -2.46. The van der Waals surface area contributed by atoms with Gasteiger partial charge in [0.2, 0.25) is 5.91 Å². The highest BCUT2D eigenvalue weighted by molar-refractivity contribution is 5.87. The Bertz CT molecular complexity index is 233. The van der Waals surface area contributed by atoms with E-state index in [9.17, 15) is 4.79 Å². The van der Waals surface area contributed by atoms with Gasteiger partial charge in [-0.15, -0.1) is 0 Å². The molecule has 0 aromatic carbocycles. The summed E-state index contributed by atoms with van der Waals surface area (Å²) in [6, 6.07) is 0. The molecule has 0 aliphatic rings. The Hall–Kier alpha value is -0.790. The lowest BCUT2D eigenvalue weighted by Gasteiger charge is -2.37. The van der Waals surface area contributed by atoms with Crippen LogP contribution >= 0.6 is 0 Å². The molecule has 0 fully saturated rings. The maximum Gasteiger partial charge on any atom is 0.246 e. The van der Waals surface area contributed by atoms with E-state index in [4.69, 9.17) is 0 Å². The maximum atomic E-state index is 11.7. The van der Waals surface area contributed by atoms with Crippen LogP contribution < -0.4 is 0 Å². The largest absolute Gasteiger partial charge is 0.334 e. The summed E-state index contributed by atoms with van der Waals surface area (Å²) in [7, 11) is 0. The summed E-state index contributed by atoms with van der Waals surface area (Å²) in [6.07, 6.45) is 8.88. The molecule has 1 amide bonds. The Morgan fingerprint density at radius 2 is 1.76 bits per heavy atom. The van der Waals surface area contributed by atoms with Crippen molar-refractivity contribution in [2.75, 3.05) is 6.54 Å². The summed E-state index contributed by atoms with van der Waals surface area (Å²) in [5, 5.41) is 0. The van der Waals surface area contributed by atoms with Gasteiger partial charge in [-0.3, -0.25) is 4.79 Å². The molecule has 2 nitrogen and oxygen atoms in total. The molecule has 2 heteroatoms. The van der Waals surface area contributed by atoms with E-state index in [0.717, 1.165) is 13.0 Å². The molecule has 0 saturated heterocycles. The molecule has 0 saturated carbocycles. The summed E-state index contributed by atoms with van der Waals surface area (Å²) in [5.74, 6) is 0.0473. The van der Waals surface area contributed by atoms with Crippen LogP contribution in [0.4, 0.5) is 0 Å². The summed E-state index contributed by atoms with van der Waals surface area (Å²) in [6.45, 7) is 12.9. The zero-order valence-corrected chi connectivity index (χ0v) is 12.1. The van der Waals surface area contributed by atoms with E-state index in [1.807, 2.05) is 11.8 Å². The van der Waals surface area contributed by atoms with Crippen LogP contribution in [0.5, 0.6) is 0 Å². The molecule has 0 aliphatic heterocycles. The zero-order chi connectivity index (χ0) is 13.3. The minimum Gasteiger partial charge on any atom is -0.334 e. The van der Waals surface area contributed by atoms with Gasteiger partial charge in [0.15, 0.2) is 0 Å². The van der Waals surface area contributed by atoms with E-state index in [0.29, 0.717) is 0 Å². The Kier molecular flexibility index (Phi) is 7.94. The highest BCUT2D eigenvalue weighted by Gasteiger charge is 2.27. The lowest BCUT2D eigenvalue weighted by molar-refractivity contribution is -0.131. The molecule has 0 spiro atoms. The molecule has 0 bridgehead atoms. The van der Waals surface area contributed by atoms with Crippen LogP contribution in [0.1, 0.15) is 66.2 Å². The highest BCUT2D eigenvalue weighted by atomic mass is 16.2. The van der Waals surface area contributed by atoms with Crippen molar-refractivity contribution in [3.05, 3.63) is 12.7 Å². The van der Waals surface area contributed by atoms with Crippen molar-refractivity contribution < 1.29 is 4.79 Å². The third-order valence-corrected chi connectivity index (χ3v) is 3.38. The van der Waals surface area contributed by atoms with Crippen molar-refractivity contribution in [3.63, 3.8) is 0 Å². The summed E-state index contributed by atoms with van der Waals surface area (Å²) >= 11 is 0. The van der Waals surface area contributed by atoms with E-state index in [1.54, 1.807) is 0 Å². The van der Waals surface area contributed by atoms with Gasteiger partial charge >= 0.3 is 0 Å². The molecule has 100 valence electrons. The predicted octanol–water partition coefficient (Wildman–Crippen LogP) is 4.16. The quantitative estimate of drug-likeness (QED) is 0.437. The Labute approximate surface area is 107 Å². The molecular weight excluding hydrogens is 210 g/mol. The topological polar surface area (TPSA) is 20.3 Å². The smallest absolute Gasteiger partial charge is 0.246 e. The number of amides is 1. The average molecular weight is 239 g/mol. The molecule has 0 heterocycles. The van der Waals surface area contributed by atoms with E-state index >= 15 is 0 Å². The van der Waals surface area contributed by atoms with Crippen molar-refractivity contribution in [2.45, 2.75) is 71.8 Å². The molecular formula is C15H29NO. The number of carbonyl (C=O) groups excluding carboxylic acids is 1. The molecule has 0 aromatic rings. The van der Waals surface area contributed by atoms with Gasteiger partial charge in [-0.1, -0.05) is 45.6 Å². The fraction of sp³-hybridized carbons (Fsp3) is 0.800. The van der Waals surface area contributed by atoms with Crippen LogP contribution in [-0.2, 0) is 4.79 Å². The Balaban J connectivity index is 4.14. The number of rotatable bonds is 9. The van der Waals surface area contributed by atoms with Gasteiger partial charge in [0.1, 0.15) is 0 Å². The van der Waals surface area contributed by atoms with E-state index < -0.39 is 0 Å². The van der Waals surface area contributed by atoms with Crippen LogP contribution in [0.25, 0.3) is 0 Å². The van der Waals surface area contributed by atoms with E-state index in [1.165, 1.54) is 38.2 Å². The first-order valence-corrected chi connectivity index (χ1v) is 6.93. The third kappa shape index (κ3) is 5.90. The molecule has 0 rings (SSSR count). The third-order valence-electron chi connectivity index (χ3n) is 3.38. The van der Waals surface area contributed by atoms with Crippen LogP contribution in [-0.4, -0.2) is 22.9 Å². The van der Waals surface area contributed by atoms with Crippen LogP contribution in [0.15, 0.2) is 12.7 Å². The van der Waals surface area contributed by atoms with Crippen molar-refractivity contribution in [1.82, 2.24) is 4.90 Å². The van der Waals surface area contributed by atoms with Crippen LogP contribution in [0.3, 0.4) is 0 Å². The molecule has 0 unspecified atom stereocenters. The molecule has 0 N–H and O–H groups in total. The molecule has 0 atom stereocenters. The summed E-state index contributed by atoms with van der Waals surface area (Å²) in [5.41, 5.74) is -0.0494.